The van der Waals surface area contributed by atoms with E-state index in [1.54, 1.807) is 13.0 Å². The van der Waals surface area contributed by atoms with Crippen LogP contribution in [0.1, 0.15) is 35.6 Å². The summed E-state index contributed by atoms with van der Waals surface area (Å²) >= 11 is 0. The van der Waals surface area contributed by atoms with Gasteiger partial charge in [-0.1, -0.05) is 6.07 Å². The molecule has 0 radical (unpaired) electrons. The fourth-order valence-electron chi connectivity index (χ4n) is 1.98. The molecule has 2 rings (SSSR count). The second kappa shape index (κ2) is 3.87. The van der Waals surface area contributed by atoms with E-state index in [2.05, 4.69) is 0 Å². The molecule has 16 heavy (non-hydrogen) atoms. The van der Waals surface area contributed by atoms with Crippen molar-refractivity contribution in [1.29, 1.82) is 0 Å². The molecular formula is C12H16N2O2. The molecule has 1 unspecified atom stereocenters. The van der Waals surface area contributed by atoms with Crippen molar-refractivity contribution in [3.63, 3.8) is 0 Å². The van der Waals surface area contributed by atoms with E-state index in [9.17, 15) is 10.1 Å². The fraction of sp³-hybridized carbons (Fsp3) is 0.500. The molecule has 1 fully saturated rings. The van der Waals surface area contributed by atoms with Crippen LogP contribution in [-0.4, -0.2) is 4.92 Å². The van der Waals surface area contributed by atoms with Crippen LogP contribution < -0.4 is 5.73 Å². The summed E-state index contributed by atoms with van der Waals surface area (Å²) in [7, 11) is 0. The van der Waals surface area contributed by atoms with Crippen LogP contribution in [-0.2, 0) is 0 Å². The van der Waals surface area contributed by atoms with E-state index >= 15 is 0 Å². The highest BCUT2D eigenvalue weighted by atomic mass is 16.6. The normalized spacial score (nSPS) is 17.2. The third-order valence-electron chi connectivity index (χ3n) is 3.37. The summed E-state index contributed by atoms with van der Waals surface area (Å²) in [6, 6.07) is 3.56. The maximum absolute atomic E-state index is 10.9. The summed E-state index contributed by atoms with van der Waals surface area (Å²) in [6.07, 6.45) is 2.28. The van der Waals surface area contributed by atoms with Gasteiger partial charge in [0.25, 0.3) is 5.69 Å². The number of nitro groups is 1. The summed E-state index contributed by atoms with van der Waals surface area (Å²) in [4.78, 5) is 10.6. The summed E-state index contributed by atoms with van der Waals surface area (Å²) in [5.74, 6) is 0.515. The van der Waals surface area contributed by atoms with Gasteiger partial charge in [0, 0.05) is 17.7 Å². The lowest BCUT2D eigenvalue weighted by Crippen LogP contribution is -2.13. The van der Waals surface area contributed by atoms with Gasteiger partial charge in [-0.05, 0) is 43.7 Å². The topological polar surface area (TPSA) is 69.2 Å². The van der Waals surface area contributed by atoms with E-state index in [-0.39, 0.29) is 16.7 Å². The zero-order valence-electron chi connectivity index (χ0n) is 9.56. The first-order chi connectivity index (χ1) is 7.50. The Bertz CT molecular complexity index is 439. The fourth-order valence-corrected chi connectivity index (χ4v) is 1.98. The van der Waals surface area contributed by atoms with Gasteiger partial charge in [-0.2, -0.15) is 0 Å². The first-order valence-corrected chi connectivity index (χ1v) is 5.52. The number of aryl methyl sites for hydroxylation is 1. The first-order valence-electron chi connectivity index (χ1n) is 5.52. The van der Waals surface area contributed by atoms with Crippen LogP contribution in [0.3, 0.4) is 0 Å². The summed E-state index contributed by atoms with van der Waals surface area (Å²) in [6.45, 7) is 3.67. The Hall–Kier alpha value is -1.42. The molecule has 4 heteroatoms. The van der Waals surface area contributed by atoms with E-state index in [1.165, 1.54) is 0 Å². The molecule has 0 spiro atoms. The quantitative estimate of drug-likeness (QED) is 0.628. The Labute approximate surface area is 94.6 Å². The molecular weight excluding hydrogens is 204 g/mol. The van der Waals surface area contributed by atoms with Gasteiger partial charge in [-0.3, -0.25) is 10.1 Å². The molecule has 4 nitrogen and oxygen atoms in total. The van der Waals surface area contributed by atoms with E-state index in [4.69, 9.17) is 5.73 Å². The van der Waals surface area contributed by atoms with Crippen LogP contribution in [0, 0.1) is 29.9 Å². The number of hydrogen-bond donors (Lipinski definition) is 1. The second-order valence-corrected chi connectivity index (χ2v) is 4.60. The maximum Gasteiger partial charge on any atom is 0.272 e. The summed E-state index contributed by atoms with van der Waals surface area (Å²) < 4.78 is 0. The molecule has 1 aromatic rings. The highest BCUT2D eigenvalue weighted by Crippen LogP contribution is 2.40. The molecule has 0 saturated heterocycles. The lowest BCUT2D eigenvalue weighted by molar-refractivity contribution is -0.385. The molecule has 0 amide bonds. The Morgan fingerprint density at radius 3 is 2.56 bits per heavy atom. The van der Waals surface area contributed by atoms with Crippen molar-refractivity contribution < 1.29 is 4.92 Å². The van der Waals surface area contributed by atoms with Gasteiger partial charge in [0.05, 0.1) is 4.92 Å². The predicted octanol–water partition coefficient (Wildman–Crippen LogP) is 2.62. The maximum atomic E-state index is 10.9. The van der Waals surface area contributed by atoms with Crippen LogP contribution in [0.25, 0.3) is 0 Å². The molecule has 1 aromatic carbocycles. The highest BCUT2D eigenvalue weighted by molar-refractivity contribution is 5.48. The van der Waals surface area contributed by atoms with E-state index in [0.717, 1.165) is 29.5 Å². The van der Waals surface area contributed by atoms with Crippen molar-refractivity contribution in [2.24, 2.45) is 11.7 Å². The van der Waals surface area contributed by atoms with Gasteiger partial charge >= 0.3 is 0 Å². The van der Waals surface area contributed by atoms with Crippen molar-refractivity contribution in [2.45, 2.75) is 32.7 Å². The third-order valence-corrected chi connectivity index (χ3v) is 3.37. The average Bonchev–Trinajstić information content (AvgIpc) is 3.03. The van der Waals surface area contributed by atoms with E-state index in [1.807, 2.05) is 13.0 Å². The number of rotatable bonds is 3. The van der Waals surface area contributed by atoms with Crippen LogP contribution in [0.15, 0.2) is 12.1 Å². The van der Waals surface area contributed by atoms with Gasteiger partial charge < -0.3 is 5.73 Å². The van der Waals surface area contributed by atoms with E-state index < -0.39 is 0 Å². The monoisotopic (exact) mass is 220 g/mol. The van der Waals surface area contributed by atoms with Crippen molar-refractivity contribution in [2.75, 3.05) is 0 Å². The summed E-state index contributed by atoms with van der Waals surface area (Å²) in [5.41, 5.74) is 8.83. The van der Waals surface area contributed by atoms with Crippen molar-refractivity contribution in [3.05, 3.63) is 38.9 Å². The zero-order valence-corrected chi connectivity index (χ0v) is 9.56. The molecule has 0 aliphatic heterocycles. The zero-order chi connectivity index (χ0) is 11.9. The van der Waals surface area contributed by atoms with Gasteiger partial charge in [-0.15, -0.1) is 0 Å². The van der Waals surface area contributed by atoms with E-state index in [0.29, 0.717) is 5.92 Å². The molecule has 86 valence electrons. The lowest BCUT2D eigenvalue weighted by atomic mass is 9.97. The molecule has 1 aliphatic rings. The molecule has 0 aromatic heterocycles. The number of nitrogens with two attached hydrogens (primary N) is 1. The molecule has 1 aliphatic carbocycles. The third kappa shape index (κ3) is 1.93. The lowest BCUT2D eigenvalue weighted by Gasteiger charge is -2.12. The molecule has 1 saturated carbocycles. The molecule has 2 N–H and O–H groups in total. The minimum atomic E-state index is -0.328. The SMILES string of the molecule is Cc1cc(C(N)C2CC2)cc([N+](=O)[O-])c1C. The Kier molecular flexibility index (Phi) is 2.68. The van der Waals surface area contributed by atoms with Crippen LogP contribution in [0.5, 0.6) is 0 Å². The minimum Gasteiger partial charge on any atom is -0.324 e. The smallest absolute Gasteiger partial charge is 0.272 e. The number of nitrogens with zero attached hydrogens (tertiary/aromatic N) is 1. The van der Waals surface area contributed by atoms with Gasteiger partial charge in [-0.25, -0.2) is 0 Å². The van der Waals surface area contributed by atoms with Crippen LogP contribution >= 0.6 is 0 Å². The number of benzene rings is 1. The Morgan fingerprint density at radius 2 is 2.06 bits per heavy atom. The average molecular weight is 220 g/mol. The Balaban J connectivity index is 2.43. The molecule has 0 heterocycles. The number of nitro benzene ring substituents is 1. The number of hydrogen-bond acceptors (Lipinski definition) is 3. The predicted molar refractivity (Wildman–Crippen MR) is 62.2 cm³/mol. The van der Waals surface area contributed by atoms with Crippen LogP contribution in [0.2, 0.25) is 0 Å². The van der Waals surface area contributed by atoms with Crippen molar-refractivity contribution in [3.8, 4) is 0 Å². The summed E-state index contributed by atoms with van der Waals surface area (Å²) in [5, 5.41) is 10.9. The minimum absolute atomic E-state index is 0.0435. The van der Waals surface area contributed by atoms with Crippen molar-refractivity contribution >= 4 is 5.69 Å². The second-order valence-electron chi connectivity index (χ2n) is 4.60. The van der Waals surface area contributed by atoms with Gasteiger partial charge in [0.1, 0.15) is 0 Å². The van der Waals surface area contributed by atoms with Gasteiger partial charge in [0.15, 0.2) is 0 Å². The Morgan fingerprint density at radius 1 is 1.44 bits per heavy atom. The highest BCUT2D eigenvalue weighted by Gasteiger charge is 2.30. The molecule has 0 bridgehead atoms. The standard InChI is InChI=1S/C12H16N2O2/c1-7-5-10(12(13)9-3-4-9)6-11(8(7)2)14(15)16/h5-6,9,12H,3-4,13H2,1-2H3. The van der Waals surface area contributed by atoms with Crippen molar-refractivity contribution in [1.82, 2.24) is 0 Å². The van der Waals surface area contributed by atoms with Crippen LogP contribution in [0.4, 0.5) is 5.69 Å². The van der Waals surface area contributed by atoms with Gasteiger partial charge in [0.2, 0.25) is 0 Å². The largest absolute Gasteiger partial charge is 0.324 e. The molecule has 1 atom stereocenters. The first kappa shape index (κ1) is 11.1.